The number of piperazine rings is 1. The van der Waals surface area contributed by atoms with Crippen LogP contribution < -0.4 is 10.5 Å². The van der Waals surface area contributed by atoms with Crippen molar-refractivity contribution in [2.24, 2.45) is 0 Å². The number of pyridine rings is 2. The SMILES string of the molecule is CCC(F)(F)c1cc(=O)[nH]c2ccc(S(=O)(=O)N3CCN(c4ccncc4)CC3)cc12. The molecule has 10 heteroatoms. The first-order valence-electron chi connectivity index (χ1n) is 9.93. The van der Waals surface area contributed by atoms with Crippen LogP contribution in [0.3, 0.4) is 0 Å². The molecule has 1 N–H and O–H groups in total. The molecule has 0 aliphatic carbocycles. The quantitative estimate of drug-likeness (QED) is 0.649. The molecule has 1 saturated heterocycles. The van der Waals surface area contributed by atoms with Gasteiger partial charge in [-0.25, -0.2) is 17.2 Å². The van der Waals surface area contributed by atoms with Gasteiger partial charge in [-0.05, 0) is 30.3 Å². The van der Waals surface area contributed by atoms with Gasteiger partial charge in [-0.2, -0.15) is 4.31 Å². The Labute approximate surface area is 178 Å². The summed E-state index contributed by atoms with van der Waals surface area (Å²) in [5.74, 6) is -3.24. The van der Waals surface area contributed by atoms with Gasteiger partial charge in [0.2, 0.25) is 15.6 Å². The number of H-pyrrole nitrogens is 1. The molecule has 3 heterocycles. The van der Waals surface area contributed by atoms with Crippen molar-refractivity contribution in [2.75, 3.05) is 31.1 Å². The Morgan fingerprint density at radius 3 is 2.39 bits per heavy atom. The molecule has 4 rings (SSSR count). The summed E-state index contributed by atoms with van der Waals surface area (Å²) in [6.07, 6.45) is 2.86. The summed E-state index contributed by atoms with van der Waals surface area (Å²) in [5.41, 5.74) is 0.0250. The second-order valence-electron chi connectivity index (χ2n) is 7.41. The lowest BCUT2D eigenvalue weighted by atomic mass is 10.0. The molecule has 0 saturated carbocycles. The number of alkyl halides is 2. The van der Waals surface area contributed by atoms with Gasteiger partial charge in [0.1, 0.15) is 0 Å². The van der Waals surface area contributed by atoms with Crippen molar-refractivity contribution >= 4 is 26.6 Å². The molecule has 1 fully saturated rings. The van der Waals surface area contributed by atoms with Crippen molar-refractivity contribution in [3.63, 3.8) is 0 Å². The molecule has 1 aromatic carbocycles. The Balaban J connectivity index is 1.66. The fourth-order valence-corrected chi connectivity index (χ4v) is 5.23. The molecule has 0 amide bonds. The van der Waals surface area contributed by atoms with Gasteiger partial charge in [0.05, 0.1) is 4.90 Å². The van der Waals surface area contributed by atoms with Crippen LogP contribution in [0.4, 0.5) is 14.5 Å². The van der Waals surface area contributed by atoms with Crippen LogP contribution in [-0.2, 0) is 15.9 Å². The molecule has 1 aliphatic rings. The number of anilines is 1. The normalized spacial score (nSPS) is 16.0. The van der Waals surface area contributed by atoms with Crippen LogP contribution in [0.15, 0.2) is 58.5 Å². The zero-order valence-electron chi connectivity index (χ0n) is 16.9. The van der Waals surface area contributed by atoms with Gasteiger partial charge in [-0.15, -0.1) is 0 Å². The summed E-state index contributed by atoms with van der Waals surface area (Å²) >= 11 is 0. The van der Waals surface area contributed by atoms with Gasteiger partial charge in [0.25, 0.3) is 5.92 Å². The first kappa shape index (κ1) is 21.4. The molecule has 0 radical (unpaired) electrons. The molecule has 3 aromatic rings. The number of hydrogen-bond donors (Lipinski definition) is 1. The predicted molar refractivity (Wildman–Crippen MR) is 114 cm³/mol. The zero-order chi connectivity index (χ0) is 22.2. The molecule has 1 aliphatic heterocycles. The number of nitrogens with one attached hydrogen (secondary N) is 1. The minimum Gasteiger partial charge on any atom is -0.369 e. The molecule has 0 atom stereocenters. The number of hydrogen-bond acceptors (Lipinski definition) is 5. The van der Waals surface area contributed by atoms with Crippen LogP contribution >= 0.6 is 0 Å². The highest BCUT2D eigenvalue weighted by Crippen LogP contribution is 2.36. The largest absolute Gasteiger partial charge is 0.369 e. The summed E-state index contributed by atoms with van der Waals surface area (Å²) in [5, 5.41) is 0.0305. The second kappa shape index (κ2) is 8.01. The Hall–Kier alpha value is -2.85. The summed E-state index contributed by atoms with van der Waals surface area (Å²) in [6.45, 7) is 2.86. The van der Waals surface area contributed by atoms with Crippen LogP contribution in [0.5, 0.6) is 0 Å². The number of fused-ring (bicyclic) bond motifs is 1. The summed E-state index contributed by atoms with van der Waals surface area (Å²) in [7, 11) is -3.88. The molecular formula is C21H22F2N4O3S. The van der Waals surface area contributed by atoms with Crippen molar-refractivity contribution in [2.45, 2.75) is 24.2 Å². The maximum absolute atomic E-state index is 14.5. The fraction of sp³-hybridized carbons (Fsp3) is 0.333. The maximum Gasteiger partial charge on any atom is 0.273 e. The number of nitrogens with zero attached hydrogens (tertiary/aromatic N) is 3. The van der Waals surface area contributed by atoms with Gasteiger partial charge in [0, 0.05) is 73.2 Å². The Kier molecular flexibility index (Phi) is 5.52. The highest BCUT2D eigenvalue weighted by molar-refractivity contribution is 7.89. The lowest BCUT2D eigenvalue weighted by Crippen LogP contribution is -2.48. The molecular weight excluding hydrogens is 426 g/mol. The van der Waals surface area contributed by atoms with Crippen LogP contribution in [0.1, 0.15) is 18.9 Å². The van der Waals surface area contributed by atoms with Crippen LogP contribution in [0.25, 0.3) is 10.9 Å². The number of halogens is 2. The maximum atomic E-state index is 14.5. The fourth-order valence-electron chi connectivity index (χ4n) is 3.78. The monoisotopic (exact) mass is 448 g/mol. The van der Waals surface area contributed by atoms with Gasteiger partial charge in [-0.3, -0.25) is 9.78 Å². The first-order valence-corrected chi connectivity index (χ1v) is 11.4. The van der Waals surface area contributed by atoms with Crippen LogP contribution in [0, 0.1) is 0 Å². The minimum absolute atomic E-state index is 0.0305. The van der Waals surface area contributed by atoms with Gasteiger partial charge in [-0.1, -0.05) is 6.92 Å². The average molecular weight is 448 g/mol. The van der Waals surface area contributed by atoms with Crippen molar-refractivity contribution in [1.29, 1.82) is 0 Å². The number of aromatic nitrogens is 2. The summed E-state index contributed by atoms with van der Waals surface area (Å²) in [4.78, 5) is 20.3. The third-order valence-corrected chi connectivity index (χ3v) is 7.45. The van der Waals surface area contributed by atoms with Crippen molar-refractivity contribution in [1.82, 2.24) is 14.3 Å². The van der Waals surface area contributed by atoms with E-state index in [1.807, 2.05) is 12.1 Å². The number of benzene rings is 1. The van der Waals surface area contributed by atoms with E-state index in [1.165, 1.54) is 29.4 Å². The number of aromatic amines is 1. The average Bonchev–Trinajstić information content (AvgIpc) is 2.78. The van der Waals surface area contributed by atoms with Crippen molar-refractivity contribution in [3.05, 3.63) is 64.7 Å². The third-order valence-electron chi connectivity index (χ3n) is 5.56. The highest BCUT2D eigenvalue weighted by atomic mass is 32.2. The van der Waals surface area contributed by atoms with Crippen LogP contribution in [0.2, 0.25) is 0 Å². The second-order valence-corrected chi connectivity index (χ2v) is 9.35. The predicted octanol–water partition coefficient (Wildman–Crippen LogP) is 2.94. The van der Waals surface area contributed by atoms with Crippen molar-refractivity contribution in [3.8, 4) is 0 Å². The van der Waals surface area contributed by atoms with E-state index in [9.17, 15) is 22.0 Å². The van der Waals surface area contributed by atoms with E-state index in [4.69, 9.17) is 0 Å². The van der Waals surface area contributed by atoms with Gasteiger partial charge >= 0.3 is 0 Å². The number of rotatable bonds is 5. The van der Waals surface area contributed by atoms with Crippen LogP contribution in [-0.4, -0.2) is 48.9 Å². The molecule has 0 bridgehead atoms. The Morgan fingerprint density at radius 2 is 1.74 bits per heavy atom. The van der Waals surface area contributed by atoms with Gasteiger partial charge < -0.3 is 9.88 Å². The highest BCUT2D eigenvalue weighted by Gasteiger charge is 2.33. The summed E-state index contributed by atoms with van der Waals surface area (Å²) in [6, 6.07) is 8.51. The standard InChI is InChI=1S/C21H22F2N4O3S/c1-2-21(22,23)18-14-20(28)25-19-4-3-16(13-17(18)19)31(29,30)27-11-9-26(10-12-27)15-5-7-24-8-6-15/h3-8,13-14H,2,9-12H2,1H3,(H,25,28). The zero-order valence-corrected chi connectivity index (χ0v) is 17.7. The molecule has 7 nitrogen and oxygen atoms in total. The lowest BCUT2D eigenvalue weighted by Gasteiger charge is -2.35. The van der Waals surface area contributed by atoms with Gasteiger partial charge in [0.15, 0.2) is 0 Å². The van der Waals surface area contributed by atoms with Crippen molar-refractivity contribution < 1.29 is 17.2 Å². The van der Waals surface area contributed by atoms with E-state index in [0.29, 0.717) is 13.1 Å². The smallest absolute Gasteiger partial charge is 0.273 e. The molecule has 0 unspecified atom stereocenters. The minimum atomic E-state index is -3.88. The lowest BCUT2D eigenvalue weighted by molar-refractivity contribution is -0.00687. The van der Waals surface area contributed by atoms with E-state index >= 15 is 0 Å². The first-order chi connectivity index (χ1) is 14.7. The van der Waals surface area contributed by atoms with E-state index in [-0.39, 0.29) is 28.9 Å². The molecule has 2 aromatic heterocycles. The van der Waals surface area contributed by atoms with E-state index < -0.39 is 33.5 Å². The Bertz CT molecular complexity index is 1250. The molecule has 31 heavy (non-hydrogen) atoms. The third kappa shape index (κ3) is 4.05. The topological polar surface area (TPSA) is 86.4 Å². The van der Waals surface area contributed by atoms with E-state index in [1.54, 1.807) is 12.4 Å². The summed E-state index contributed by atoms with van der Waals surface area (Å²) < 4.78 is 56.7. The Morgan fingerprint density at radius 1 is 1.06 bits per heavy atom. The van der Waals surface area contributed by atoms with E-state index in [0.717, 1.165) is 11.8 Å². The van der Waals surface area contributed by atoms with E-state index in [2.05, 4.69) is 14.9 Å². The molecule has 0 spiro atoms. The molecule has 164 valence electrons. The number of sulfonamides is 1.